The Bertz CT molecular complexity index is 116. The van der Waals surface area contributed by atoms with E-state index < -0.39 is 0 Å². The molecule has 0 aliphatic rings. The van der Waals surface area contributed by atoms with Gasteiger partial charge >= 0.3 is 58.2 Å². The van der Waals surface area contributed by atoms with Crippen molar-refractivity contribution in [3.63, 3.8) is 0 Å². The molecule has 1 heterocycles. The predicted molar refractivity (Wildman–Crippen MR) is 19.2 cm³/mol. The van der Waals surface area contributed by atoms with Crippen LogP contribution in [0, 0.1) is 0 Å². The number of hydrogen-bond acceptors (Lipinski definition) is 2. The first-order valence-electron chi connectivity index (χ1n) is 1.51. The van der Waals surface area contributed by atoms with Crippen molar-refractivity contribution in [2.75, 3.05) is 0 Å². The molecule has 3 nitrogen and oxygen atoms in total. The van der Waals surface area contributed by atoms with Gasteiger partial charge in [-0.3, -0.25) is 0 Å². The van der Waals surface area contributed by atoms with Gasteiger partial charge in [-0.25, -0.2) is 0 Å². The molecule has 0 radical (unpaired) electrons. The Balaban J connectivity index is 0.000000360. The van der Waals surface area contributed by atoms with E-state index >= 15 is 0 Å². The molecule has 32 valence electrons. The molecule has 0 fully saturated rings. The van der Waals surface area contributed by atoms with Crippen molar-refractivity contribution in [1.29, 1.82) is 0 Å². The van der Waals surface area contributed by atoms with Crippen molar-refractivity contribution in [2.24, 2.45) is 0 Å². The Morgan fingerprint density at radius 1 is 1.71 bits per heavy atom. The molecule has 0 aliphatic carbocycles. The number of aromatic hydroxyl groups is 1. The van der Waals surface area contributed by atoms with Crippen molar-refractivity contribution >= 4 is 0 Å². The Hall–Kier alpha value is 0.815. The quantitative estimate of drug-likeness (QED) is 0.443. The summed E-state index contributed by atoms with van der Waals surface area (Å²) in [4.78, 5) is 6.82. The summed E-state index contributed by atoms with van der Waals surface area (Å²) in [6.07, 6.45) is 2.56. The molecule has 0 aliphatic heterocycles. The van der Waals surface area contributed by atoms with Crippen LogP contribution < -0.4 is 63.2 Å². The fraction of sp³-hybridized carbons (Fsp3) is 0. The summed E-state index contributed by atoms with van der Waals surface area (Å²) < 4.78 is 0. The van der Waals surface area contributed by atoms with Crippen molar-refractivity contribution in [3.05, 3.63) is 12.5 Å². The molecule has 0 saturated carbocycles. The second-order valence-electron chi connectivity index (χ2n) is 0.881. The van der Waals surface area contributed by atoms with Crippen LogP contribution in [0.1, 0.15) is 0 Å². The van der Waals surface area contributed by atoms with E-state index in [4.69, 9.17) is 5.11 Å². The molecule has 1 N–H and O–H groups in total. The third-order valence-electron chi connectivity index (χ3n) is 0.447. The molecule has 4 heteroatoms. The minimum Gasteiger partial charge on any atom is -0.512 e. The topological polar surface area (TPSA) is 47.2 Å². The molecule has 1 aromatic rings. The van der Waals surface area contributed by atoms with Gasteiger partial charge in [0.2, 0.25) is 0 Å². The van der Waals surface area contributed by atoms with Gasteiger partial charge in [0, 0.05) is 0 Å². The van der Waals surface area contributed by atoms with Gasteiger partial charge in [-0.05, 0) is 6.20 Å². The van der Waals surface area contributed by atoms with E-state index in [0.717, 1.165) is 0 Å². The third kappa shape index (κ3) is 2.59. The standard InChI is InChI=1S/C3H3N2O.Rb/c6-3-1-4-2-5-3;/h1-2H,(H-,4,5,6);/q-1;+1. The van der Waals surface area contributed by atoms with Crippen LogP contribution in [-0.4, -0.2) is 10.1 Å². The van der Waals surface area contributed by atoms with E-state index in [0.29, 0.717) is 0 Å². The zero-order valence-corrected chi connectivity index (χ0v) is 8.91. The van der Waals surface area contributed by atoms with Crippen LogP contribution in [0.15, 0.2) is 12.5 Å². The zero-order chi connectivity index (χ0) is 4.41. The predicted octanol–water partition coefficient (Wildman–Crippen LogP) is -3.25. The molecule has 7 heavy (non-hydrogen) atoms. The van der Waals surface area contributed by atoms with Crippen LogP contribution in [0.2, 0.25) is 0 Å². The minimum atomic E-state index is -0.0185. The van der Waals surface area contributed by atoms with Gasteiger partial charge in [-0.15, -0.1) is 0 Å². The second kappa shape index (κ2) is 3.77. The SMILES string of the molecule is Oc1c[n-]cn1.[Rb+]. The van der Waals surface area contributed by atoms with Crippen molar-refractivity contribution in [1.82, 2.24) is 9.97 Å². The number of hydrogen-bond donors (Lipinski definition) is 1. The van der Waals surface area contributed by atoms with Crippen LogP contribution in [0.25, 0.3) is 0 Å². The zero-order valence-electron chi connectivity index (χ0n) is 4.00. The summed E-state index contributed by atoms with van der Waals surface area (Å²) in [6.45, 7) is 0. The van der Waals surface area contributed by atoms with E-state index in [1.165, 1.54) is 12.5 Å². The Morgan fingerprint density at radius 2 is 2.43 bits per heavy atom. The van der Waals surface area contributed by atoms with Gasteiger partial charge < -0.3 is 15.1 Å². The van der Waals surface area contributed by atoms with Gasteiger partial charge in [0.1, 0.15) is 5.88 Å². The number of aromatic nitrogens is 2. The summed E-state index contributed by atoms with van der Waals surface area (Å²) in [6, 6.07) is 0. The molecule has 0 spiro atoms. The molecule has 0 amide bonds. The molecule has 0 atom stereocenters. The summed E-state index contributed by atoms with van der Waals surface area (Å²) in [7, 11) is 0. The maximum atomic E-state index is 8.30. The number of imidazole rings is 1. The Labute approximate surface area is 89.9 Å². The largest absolute Gasteiger partial charge is 1.00 e. The number of nitrogens with zero attached hydrogens (tertiary/aromatic N) is 2. The monoisotopic (exact) mass is 168 g/mol. The minimum absolute atomic E-state index is 0. The number of rotatable bonds is 0. The third-order valence-corrected chi connectivity index (χ3v) is 0.447. The fourth-order valence-corrected chi connectivity index (χ4v) is 0.226. The van der Waals surface area contributed by atoms with Crippen molar-refractivity contribution in [2.45, 2.75) is 0 Å². The van der Waals surface area contributed by atoms with Crippen LogP contribution >= 0.6 is 0 Å². The molecule has 1 rings (SSSR count). The van der Waals surface area contributed by atoms with Gasteiger partial charge in [-0.1, -0.05) is 6.33 Å². The molecule has 0 saturated heterocycles. The first kappa shape index (κ1) is 7.82. The van der Waals surface area contributed by atoms with Crippen LogP contribution in [0.5, 0.6) is 5.88 Å². The fourth-order valence-electron chi connectivity index (χ4n) is 0.226. The van der Waals surface area contributed by atoms with E-state index in [-0.39, 0.29) is 64.1 Å². The summed E-state index contributed by atoms with van der Waals surface area (Å²) >= 11 is 0. The van der Waals surface area contributed by atoms with Crippen molar-refractivity contribution in [3.8, 4) is 5.88 Å². The van der Waals surface area contributed by atoms with Crippen molar-refractivity contribution < 1.29 is 63.3 Å². The van der Waals surface area contributed by atoms with Crippen LogP contribution in [0.4, 0.5) is 0 Å². The summed E-state index contributed by atoms with van der Waals surface area (Å²) in [5, 5.41) is 8.30. The van der Waals surface area contributed by atoms with E-state index in [1.807, 2.05) is 0 Å². The average molecular weight is 169 g/mol. The molecular formula is C3H3N2ORb. The van der Waals surface area contributed by atoms with E-state index in [9.17, 15) is 0 Å². The van der Waals surface area contributed by atoms with Gasteiger partial charge in [-0.2, -0.15) is 0 Å². The molecular weight excluding hydrogens is 166 g/mol. The Kier molecular flexibility index (Phi) is 4.21. The normalized spacial score (nSPS) is 7.43. The Morgan fingerprint density at radius 3 is 2.57 bits per heavy atom. The van der Waals surface area contributed by atoms with Gasteiger partial charge in [0.15, 0.2) is 0 Å². The van der Waals surface area contributed by atoms with Crippen LogP contribution in [-0.2, 0) is 0 Å². The maximum Gasteiger partial charge on any atom is 1.00 e. The van der Waals surface area contributed by atoms with Gasteiger partial charge in [0.05, 0.1) is 0 Å². The first-order chi connectivity index (χ1) is 2.89. The average Bonchev–Trinajstić information content (AvgIpc) is 1.86. The molecule has 0 unspecified atom stereocenters. The maximum absolute atomic E-state index is 8.30. The summed E-state index contributed by atoms with van der Waals surface area (Å²) in [5.74, 6) is -0.0185. The molecule has 1 aromatic heterocycles. The van der Waals surface area contributed by atoms with Gasteiger partial charge in [0.25, 0.3) is 0 Å². The molecule has 0 aromatic carbocycles. The second-order valence-corrected chi connectivity index (χ2v) is 0.881. The van der Waals surface area contributed by atoms with E-state index in [2.05, 4.69) is 9.97 Å². The summed E-state index contributed by atoms with van der Waals surface area (Å²) in [5.41, 5.74) is 0. The van der Waals surface area contributed by atoms with Crippen LogP contribution in [0.3, 0.4) is 0 Å². The first-order valence-corrected chi connectivity index (χ1v) is 1.51. The van der Waals surface area contributed by atoms with E-state index in [1.54, 1.807) is 0 Å². The smallest absolute Gasteiger partial charge is 0.512 e. The molecule has 0 bridgehead atoms.